The van der Waals surface area contributed by atoms with E-state index in [2.05, 4.69) is 6.92 Å². The van der Waals surface area contributed by atoms with Gasteiger partial charge in [-0.3, -0.25) is 9.59 Å². The summed E-state index contributed by atoms with van der Waals surface area (Å²) in [6.45, 7) is 2.79. The predicted molar refractivity (Wildman–Crippen MR) is 110 cm³/mol. The van der Waals surface area contributed by atoms with Gasteiger partial charge in [0, 0.05) is 0 Å². The zero-order valence-corrected chi connectivity index (χ0v) is 17.6. The Labute approximate surface area is 166 Å². The highest BCUT2D eigenvalue weighted by molar-refractivity contribution is 5.74. The summed E-state index contributed by atoms with van der Waals surface area (Å²) < 4.78 is 5.39. The van der Waals surface area contributed by atoms with E-state index in [0.29, 0.717) is 32.3 Å². The number of rotatable bonds is 16. The predicted octanol–water partition coefficient (Wildman–Crippen LogP) is 6.51. The number of hydrogen-bond donors (Lipinski definition) is 1. The molecule has 0 aromatic heterocycles. The number of hydrogen-bond acceptors (Lipinski definition) is 3. The van der Waals surface area contributed by atoms with Gasteiger partial charge >= 0.3 is 11.9 Å². The maximum Gasteiger partial charge on any atom is 0.308 e. The largest absolute Gasteiger partial charge is 0.481 e. The minimum absolute atomic E-state index is 0.0810. The molecule has 0 radical (unpaired) electrons. The lowest BCUT2D eigenvalue weighted by Crippen LogP contribution is -2.27. The van der Waals surface area contributed by atoms with Crippen LogP contribution < -0.4 is 0 Å². The van der Waals surface area contributed by atoms with Crippen LogP contribution in [-0.2, 0) is 14.3 Å². The first kappa shape index (κ1) is 24.0. The first-order chi connectivity index (χ1) is 13.1. The number of esters is 1. The summed E-state index contributed by atoms with van der Waals surface area (Å²) in [4.78, 5) is 23.0. The molecule has 0 aliphatic heterocycles. The van der Waals surface area contributed by atoms with Crippen molar-refractivity contribution in [2.75, 3.05) is 6.61 Å². The zero-order valence-electron chi connectivity index (χ0n) is 17.6. The number of carbonyl (C=O) groups is 2. The molecule has 1 saturated carbocycles. The van der Waals surface area contributed by atoms with E-state index in [0.717, 1.165) is 12.8 Å². The lowest BCUT2D eigenvalue weighted by atomic mass is 9.82. The minimum Gasteiger partial charge on any atom is -0.481 e. The van der Waals surface area contributed by atoms with Gasteiger partial charge in [-0.15, -0.1) is 0 Å². The number of carboxylic acid groups (broad SMARTS) is 1. The van der Waals surface area contributed by atoms with Crippen molar-refractivity contribution in [3.05, 3.63) is 0 Å². The fourth-order valence-corrected chi connectivity index (χ4v) is 3.99. The average Bonchev–Trinajstić information content (AvgIpc) is 2.68. The molecule has 0 heterocycles. The summed E-state index contributed by atoms with van der Waals surface area (Å²) in [5.74, 6) is -1.19. The normalized spacial score (nSPS) is 19.7. The molecule has 27 heavy (non-hydrogen) atoms. The smallest absolute Gasteiger partial charge is 0.308 e. The van der Waals surface area contributed by atoms with Gasteiger partial charge in [-0.2, -0.15) is 0 Å². The Bertz CT molecular complexity index is 386. The Morgan fingerprint density at radius 2 is 1.11 bits per heavy atom. The van der Waals surface area contributed by atoms with E-state index in [4.69, 9.17) is 9.84 Å². The third-order valence-corrected chi connectivity index (χ3v) is 5.90. The van der Waals surface area contributed by atoms with E-state index in [-0.39, 0.29) is 17.8 Å². The highest BCUT2D eigenvalue weighted by atomic mass is 16.5. The van der Waals surface area contributed by atoms with Crippen LogP contribution >= 0.6 is 0 Å². The van der Waals surface area contributed by atoms with Crippen molar-refractivity contribution in [3.8, 4) is 0 Å². The van der Waals surface area contributed by atoms with Crippen LogP contribution in [0, 0.1) is 11.8 Å². The van der Waals surface area contributed by atoms with Crippen LogP contribution in [0.25, 0.3) is 0 Å². The van der Waals surface area contributed by atoms with Crippen molar-refractivity contribution in [3.63, 3.8) is 0 Å². The molecule has 0 amide bonds. The Kier molecular flexibility index (Phi) is 14.2. The zero-order chi connectivity index (χ0) is 19.7. The van der Waals surface area contributed by atoms with E-state index in [9.17, 15) is 9.59 Å². The van der Waals surface area contributed by atoms with Gasteiger partial charge in [0.05, 0.1) is 18.4 Å². The number of carboxylic acids is 1. The van der Waals surface area contributed by atoms with Gasteiger partial charge in [0.25, 0.3) is 0 Å². The standard InChI is InChI=1S/C23H42O4/c1-2-3-4-5-6-7-8-9-10-11-12-13-14-19-27-23(26)21-17-15-20(16-18-21)22(24)25/h20-21H,2-19H2,1H3,(H,24,25). The molecule has 4 heteroatoms. The van der Waals surface area contributed by atoms with E-state index >= 15 is 0 Å². The second-order valence-electron chi connectivity index (χ2n) is 8.30. The van der Waals surface area contributed by atoms with Crippen molar-refractivity contribution in [1.29, 1.82) is 0 Å². The summed E-state index contributed by atoms with van der Waals surface area (Å²) in [7, 11) is 0. The van der Waals surface area contributed by atoms with Gasteiger partial charge in [-0.1, -0.05) is 84.0 Å². The third-order valence-electron chi connectivity index (χ3n) is 5.90. The van der Waals surface area contributed by atoms with Crippen molar-refractivity contribution in [2.45, 2.75) is 116 Å². The molecule has 0 bridgehead atoms. The highest BCUT2D eigenvalue weighted by Gasteiger charge is 2.30. The van der Waals surface area contributed by atoms with Crippen molar-refractivity contribution in [2.24, 2.45) is 11.8 Å². The molecule has 1 N–H and O–H groups in total. The van der Waals surface area contributed by atoms with Crippen molar-refractivity contribution >= 4 is 11.9 Å². The van der Waals surface area contributed by atoms with Crippen LogP contribution in [0.3, 0.4) is 0 Å². The quantitative estimate of drug-likeness (QED) is 0.244. The maximum atomic E-state index is 12.0. The molecule has 1 rings (SSSR count). The van der Waals surface area contributed by atoms with Gasteiger partial charge in [-0.05, 0) is 32.1 Å². The summed E-state index contributed by atoms with van der Waals surface area (Å²) >= 11 is 0. The number of unbranched alkanes of at least 4 members (excludes halogenated alkanes) is 12. The van der Waals surface area contributed by atoms with Crippen LogP contribution in [0.5, 0.6) is 0 Å². The Balaban J connectivity index is 1.84. The van der Waals surface area contributed by atoms with Crippen LogP contribution in [0.4, 0.5) is 0 Å². The summed E-state index contributed by atoms with van der Waals surface area (Å²) in [5, 5.41) is 8.99. The van der Waals surface area contributed by atoms with Crippen molar-refractivity contribution < 1.29 is 19.4 Å². The van der Waals surface area contributed by atoms with E-state index in [1.165, 1.54) is 70.6 Å². The molecule has 0 aromatic carbocycles. The summed E-state index contributed by atoms with van der Waals surface area (Å²) in [6, 6.07) is 0. The number of ether oxygens (including phenoxy) is 1. The summed E-state index contributed by atoms with van der Waals surface area (Å²) in [5.41, 5.74) is 0. The van der Waals surface area contributed by atoms with Gasteiger partial charge in [0.15, 0.2) is 0 Å². The SMILES string of the molecule is CCCCCCCCCCCCCCCOC(=O)C1CCC(C(=O)O)CC1. The first-order valence-corrected chi connectivity index (χ1v) is 11.5. The molecule has 0 saturated heterocycles. The fourth-order valence-electron chi connectivity index (χ4n) is 3.99. The molecular weight excluding hydrogens is 340 g/mol. The average molecular weight is 383 g/mol. The van der Waals surface area contributed by atoms with Crippen LogP contribution in [0.15, 0.2) is 0 Å². The van der Waals surface area contributed by atoms with Gasteiger partial charge in [0.2, 0.25) is 0 Å². The van der Waals surface area contributed by atoms with Gasteiger partial charge < -0.3 is 9.84 Å². The Morgan fingerprint density at radius 3 is 1.56 bits per heavy atom. The Morgan fingerprint density at radius 1 is 0.704 bits per heavy atom. The maximum absolute atomic E-state index is 12.0. The second-order valence-corrected chi connectivity index (χ2v) is 8.30. The molecular formula is C23H42O4. The topological polar surface area (TPSA) is 63.6 Å². The molecule has 1 aliphatic carbocycles. The molecule has 0 unspecified atom stereocenters. The highest BCUT2D eigenvalue weighted by Crippen LogP contribution is 2.29. The van der Waals surface area contributed by atoms with E-state index in [1.807, 2.05) is 0 Å². The monoisotopic (exact) mass is 382 g/mol. The fraction of sp³-hybridized carbons (Fsp3) is 0.913. The molecule has 158 valence electrons. The van der Waals surface area contributed by atoms with E-state index in [1.54, 1.807) is 0 Å². The molecule has 0 atom stereocenters. The first-order valence-electron chi connectivity index (χ1n) is 11.5. The lowest BCUT2D eigenvalue weighted by molar-refractivity contribution is -0.152. The minimum atomic E-state index is -0.728. The van der Waals surface area contributed by atoms with Crippen LogP contribution in [0.1, 0.15) is 116 Å². The number of carbonyl (C=O) groups excluding carboxylic acids is 1. The lowest BCUT2D eigenvalue weighted by Gasteiger charge is -2.24. The molecule has 0 spiro atoms. The third kappa shape index (κ3) is 12.1. The number of aliphatic carboxylic acids is 1. The van der Waals surface area contributed by atoms with Gasteiger partial charge in [-0.25, -0.2) is 0 Å². The van der Waals surface area contributed by atoms with Crippen LogP contribution in [0.2, 0.25) is 0 Å². The Hall–Kier alpha value is -1.06. The van der Waals surface area contributed by atoms with Crippen LogP contribution in [-0.4, -0.2) is 23.7 Å². The summed E-state index contributed by atoms with van der Waals surface area (Å²) in [6.07, 6.45) is 19.6. The molecule has 0 aromatic rings. The molecule has 4 nitrogen and oxygen atoms in total. The second kappa shape index (κ2) is 15.9. The molecule has 1 fully saturated rings. The molecule has 1 aliphatic rings. The van der Waals surface area contributed by atoms with Gasteiger partial charge in [0.1, 0.15) is 0 Å². The van der Waals surface area contributed by atoms with Crippen molar-refractivity contribution in [1.82, 2.24) is 0 Å². The van der Waals surface area contributed by atoms with E-state index < -0.39 is 5.97 Å².